The van der Waals surface area contributed by atoms with Crippen LogP contribution in [0.3, 0.4) is 0 Å². The van der Waals surface area contributed by atoms with Gasteiger partial charge >= 0.3 is 0 Å². The number of benzene rings is 2. The zero-order valence-corrected chi connectivity index (χ0v) is 18.6. The van der Waals surface area contributed by atoms with E-state index in [1.54, 1.807) is 18.2 Å². The summed E-state index contributed by atoms with van der Waals surface area (Å²) in [4.78, 5) is 12.6. The van der Waals surface area contributed by atoms with Crippen LogP contribution in [0.1, 0.15) is 29.8 Å². The summed E-state index contributed by atoms with van der Waals surface area (Å²) in [7, 11) is -3.88. The molecule has 0 aliphatic carbocycles. The Balaban J connectivity index is 1.90. The number of nitrogens with zero attached hydrogens (tertiary/aromatic N) is 1. The number of morpholine rings is 1. The topological polar surface area (TPSA) is 75.7 Å². The molecule has 1 N–H and O–H groups in total. The third-order valence-corrected chi connectivity index (χ3v) is 7.18. The largest absolute Gasteiger partial charge is 0.373 e. The fourth-order valence-corrected chi connectivity index (χ4v) is 5.59. The lowest BCUT2D eigenvalue weighted by Crippen LogP contribution is -2.48. The van der Waals surface area contributed by atoms with Gasteiger partial charge in [0.15, 0.2) is 0 Å². The van der Waals surface area contributed by atoms with E-state index in [1.807, 2.05) is 20.8 Å². The number of sulfonamides is 1. The minimum Gasteiger partial charge on any atom is -0.373 e. The van der Waals surface area contributed by atoms with E-state index in [2.05, 4.69) is 5.32 Å². The molecule has 2 aromatic carbocycles. The summed E-state index contributed by atoms with van der Waals surface area (Å²) in [5.41, 5.74) is 1.58. The van der Waals surface area contributed by atoms with Crippen LogP contribution in [0.15, 0.2) is 41.3 Å². The van der Waals surface area contributed by atoms with Gasteiger partial charge in [0, 0.05) is 29.4 Å². The second-order valence-corrected chi connectivity index (χ2v) is 9.89. The Morgan fingerprint density at radius 2 is 1.76 bits per heavy atom. The molecule has 2 atom stereocenters. The molecule has 1 amide bonds. The van der Waals surface area contributed by atoms with Gasteiger partial charge in [-0.05, 0) is 62.7 Å². The number of rotatable bonds is 4. The molecule has 0 aromatic heterocycles. The molecule has 9 heteroatoms. The molecule has 1 heterocycles. The third-order valence-electron chi connectivity index (χ3n) is 4.63. The van der Waals surface area contributed by atoms with E-state index >= 15 is 0 Å². The van der Waals surface area contributed by atoms with Gasteiger partial charge in [-0.2, -0.15) is 4.31 Å². The molecule has 1 fully saturated rings. The van der Waals surface area contributed by atoms with Crippen molar-refractivity contribution >= 4 is 44.8 Å². The highest BCUT2D eigenvalue weighted by Crippen LogP contribution is 2.29. The van der Waals surface area contributed by atoms with Crippen LogP contribution in [0, 0.1) is 6.92 Å². The summed E-state index contributed by atoms with van der Waals surface area (Å²) in [6, 6.07) is 9.32. The number of nitrogens with one attached hydrogen (secondary N) is 1. The van der Waals surface area contributed by atoms with Crippen LogP contribution < -0.4 is 5.32 Å². The first-order chi connectivity index (χ1) is 13.6. The van der Waals surface area contributed by atoms with E-state index < -0.39 is 15.9 Å². The summed E-state index contributed by atoms with van der Waals surface area (Å²) in [6.45, 7) is 5.91. The summed E-state index contributed by atoms with van der Waals surface area (Å²) in [5, 5.41) is 3.41. The number of carbonyl (C=O) groups excluding carboxylic acids is 1. The van der Waals surface area contributed by atoms with Gasteiger partial charge in [-0.25, -0.2) is 8.42 Å². The number of anilines is 1. The molecule has 2 aromatic rings. The summed E-state index contributed by atoms with van der Waals surface area (Å²) < 4.78 is 33.3. The minimum absolute atomic E-state index is 0.0658. The average molecular weight is 457 g/mol. The van der Waals surface area contributed by atoms with E-state index in [1.165, 1.54) is 22.5 Å². The van der Waals surface area contributed by atoms with E-state index in [9.17, 15) is 13.2 Å². The average Bonchev–Trinajstić information content (AvgIpc) is 2.63. The van der Waals surface area contributed by atoms with Gasteiger partial charge in [-0.3, -0.25) is 4.79 Å². The van der Waals surface area contributed by atoms with Crippen molar-refractivity contribution in [2.75, 3.05) is 18.4 Å². The van der Waals surface area contributed by atoms with Crippen molar-refractivity contribution in [3.63, 3.8) is 0 Å². The summed E-state index contributed by atoms with van der Waals surface area (Å²) in [6.07, 6.45) is -0.460. The summed E-state index contributed by atoms with van der Waals surface area (Å²) >= 11 is 12.1. The van der Waals surface area contributed by atoms with Crippen LogP contribution in [-0.4, -0.2) is 43.9 Å². The van der Waals surface area contributed by atoms with E-state index in [-0.39, 0.29) is 40.8 Å². The first-order valence-corrected chi connectivity index (χ1v) is 11.3. The molecule has 1 saturated heterocycles. The van der Waals surface area contributed by atoms with Crippen molar-refractivity contribution in [1.29, 1.82) is 0 Å². The van der Waals surface area contributed by atoms with Gasteiger partial charge in [-0.15, -0.1) is 0 Å². The predicted molar refractivity (Wildman–Crippen MR) is 114 cm³/mol. The van der Waals surface area contributed by atoms with Crippen LogP contribution in [0.2, 0.25) is 10.0 Å². The SMILES string of the molecule is Cc1cc(Cl)ccc1NC(=O)c1ccc(Cl)c(S(=O)(=O)N2C[C@@H](C)O[C@H](C)C2)c1. The van der Waals surface area contributed by atoms with Crippen LogP contribution in [0.5, 0.6) is 0 Å². The highest BCUT2D eigenvalue weighted by Gasteiger charge is 2.33. The van der Waals surface area contributed by atoms with Gasteiger partial charge in [0.2, 0.25) is 10.0 Å². The lowest BCUT2D eigenvalue weighted by Gasteiger charge is -2.34. The number of carbonyl (C=O) groups is 1. The molecule has 0 saturated carbocycles. The Labute approximate surface area is 180 Å². The molecule has 156 valence electrons. The molecule has 3 rings (SSSR count). The standard InChI is InChI=1S/C20H22Cl2N2O4S/c1-12-8-16(21)5-7-18(12)23-20(25)15-4-6-17(22)19(9-15)29(26,27)24-10-13(2)28-14(3)11-24/h4-9,13-14H,10-11H2,1-3H3,(H,23,25)/t13-,14-/m1/s1. The van der Waals surface area contributed by atoms with Crippen molar-refractivity contribution in [2.45, 2.75) is 37.9 Å². The Morgan fingerprint density at radius 3 is 2.38 bits per heavy atom. The van der Waals surface area contributed by atoms with E-state index in [0.29, 0.717) is 10.7 Å². The molecule has 0 radical (unpaired) electrons. The lowest BCUT2D eigenvalue weighted by atomic mass is 10.1. The van der Waals surface area contributed by atoms with Gasteiger partial charge in [0.25, 0.3) is 5.91 Å². The maximum atomic E-state index is 13.2. The van der Waals surface area contributed by atoms with Gasteiger partial charge in [0.1, 0.15) is 4.90 Å². The number of halogens is 2. The third kappa shape index (κ3) is 4.92. The number of hydrogen-bond donors (Lipinski definition) is 1. The van der Waals surface area contributed by atoms with Gasteiger partial charge in [0.05, 0.1) is 17.2 Å². The first-order valence-electron chi connectivity index (χ1n) is 9.10. The smallest absolute Gasteiger partial charge is 0.255 e. The van der Waals surface area contributed by atoms with Crippen LogP contribution >= 0.6 is 23.2 Å². The number of amides is 1. The monoisotopic (exact) mass is 456 g/mol. The van der Waals surface area contributed by atoms with Crippen LogP contribution in [0.4, 0.5) is 5.69 Å². The van der Waals surface area contributed by atoms with Crippen molar-refractivity contribution < 1.29 is 17.9 Å². The van der Waals surface area contributed by atoms with Crippen molar-refractivity contribution in [3.05, 3.63) is 57.6 Å². The molecular formula is C20H22Cl2N2O4S. The Morgan fingerprint density at radius 1 is 1.10 bits per heavy atom. The predicted octanol–water partition coefficient (Wildman–Crippen LogP) is 4.35. The normalized spacial score (nSPS) is 20.4. The second-order valence-electron chi connectivity index (χ2n) is 7.14. The quantitative estimate of drug-likeness (QED) is 0.741. The molecule has 1 aliphatic rings. The molecular weight excluding hydrogens is 435 g/mol. The van der Waals surface area contributed by atoms with Gasteiger partial charge in [-0.1, -0.05) is 23.2 Å². The number of hydrogen-bond acceptors (Lipinski definition) is 4. The highest BCUT2D eigenvalue weighted by atomic mass is 35.5. The molecule has 6 nitrogen and oxygen atoms in total. The molecule has 0 spiro atoms. The lowest BCUT2D eigenvalue weighted by molar-refractivity contribution is -0.0440. The maximum Gasteiger partial charge on any atom is 0.255 e. The van der Waals surface area contributed by atoms with E-state index in [0.717, 1.165) is 5.56 Å². The molecule has 1 aliphatic heterocycles. The van der Waals surface area contributed by atoms with Gasteiger partial charge < -0.3 is 10.1 Å². The fourth-order valence-electron chi connectivity index (χ4n) is 3.27. The summed E-state index contributed by atoms with van der Waals surface area (Å²) in [5.74, 6) is -0.438. The van der Waals surface area contributed by atoms with Crippen LogP contribution in [0.25, 0.3) is 0 Å². The zero-order valence-electron chi connectivity index (χ0n) is 16.3. The molecule has 0 unspecified atom stereocenters. The minimum atomic E-state index is -3.88. The van der Waals surface area contributed by atoms with Crippen molar-refractivity contribution in [1.82, 2.24) is 4.31 Å². The molecule has 0 bridgehead atoms. The molecule has 29 heavy (non-hydrogen) atoms. The maximum absolute atomic E-state index is 13.2. The van der Waals surface area contributed by atoms with Crippen molar-refractivity contribution in [3.8, 4) is 0 Å². The van der Waals surface area contributed by atoms with Crippen LogP contribution in [-0.2, 0) is 14.8 Å². The van der Waals surface area contributed by atoms with Crippen molar-refractivity contribution in [2.24, 2.45) is 0 Å². The fraction of sp³-hybridized carbons (Fsp3) is 0.350. The zero-order chi connectivity index (χ0) is 21.3. The second kappa shape index (κ2) is 8.62. The van der Waals surface area contributed by atoms with E-state index in [4.69, 9.17) is 27.9 Å². The first kappa shape index (κ1) is 22.1. The Hall–Kier alpha value is -1.64. The number of aryl methyl sites for hydroxylation is 1. The Kier molecular flexibility index (Phi) is 6.55. The highest BCUT2D eigenvalue weighted by molar-refractivity contribution is 7.89. The Bertz CT molecular complexity index is 1030. The number of ether oxygens (including phenoxy) is 1.